The van der Waals surface area contributed by atoms with Crippen molar-refractivity contribution in [1.29, 1.82) is 0 Å². The summed E-state index contributed by atoms with van der Waals surface area (Å²) in [5, 5.41) is 2.84. The second-order valence-corrected chi connectivity index (χ2v) is 8.99. The molecule has 2 aromatic rings. The monoisotopic (exact) mass is 420 g/mol. The van der Waals surface area contributed by atoms with Crippen LogP contribution in [0, 0.1) is 5.92 Å². The number of amides is 1. The minimum absolute atomic E-state index is 0.0830. The summed E-state index contributed by atoms with van der Waals surface area (Å²) in [5.74, 6) is 0.554. The summed E-state index contributed by atoms with van der Waals surface area (Å²) in [6.07, 6.45) is 1.11. The first-order valence-corrected chi connectivity index (χ1v) is 11.1. The van der Waals surface area contributed by atoms with Gasteiger partial charge in [-0.3, -0.25) is 9.10 Å². The normalized spacial score (nSPS) is 11.2. The van der Waals surface area contributed by atoms with Gasteiger partial charge in [0.15, 0.2) is 11.5 Å². The molecule has 158 valence electrons. The maximum atomic E-state index is 12.9. The molecule has 0 unspecified atom stereocenters. The number of anilines is 1. The third kappa shape index (κ3) is 5.87. The highest BCUT2D eigenvalue weighted by atomic mass is 32.2. The lowest BCUT2D eigenvalue weighted by Crippen LogP contribution is -2.33. The van der Waals surface area contributed by atoms with Crippen molar-refractivity contribution in [3.05, 3.63) is 53.6 Å². The van der Waals surface area contributed by atoms with Crippen LogP contribution in [0.5, 0.6) is 11.5 Å². The van der Waals surface area contributed by atoms with Crippen LogP contribution >= 0.6 is 0 Å². The number of hydrogen-bond acceptors (Lipinski definition) is 5. The standard InChI is InChI=1S/C21H28N2O5S/c1-15(2)13-22-21(24)17-11-19(27-3)20(28-4)12-18(17)23(29(5,25)26)14-16-9-7-6-8-10-16/h6-12,15H,13-14H2,1-5H3,(H,22,24). The summed E-state index contributed by atoms with van der Waals surface area (Å²) in [7, 11) is -0.767. The number of methoxy groups -OCH3 is 2. The third-order valence-electron chi connectivity index (χ3n) is 4.26. The summed E-state index contributed by atoms with van der Waals surface area (Å²) in [6.45, 7) is 4.51. The highest BCUT2D eigenvalue weighted by Gasteiger charge is 2.26. The number of nitrogens with one attached hydrogen (secondary N) is 1. The highest BCUT2D eigenvalue weighted by Crippen LogP contribution is 2.36. The van der Waals surface area contributed by atoms with Gasteiger partial charge in [0, 0.05) is 12.6 Å². The summed E-state index contributed by atoms with van der Waals surface area (Å²) in [5.41, 5.74) is 1.22. The van der Waals surface area contributed by atoms with E-state index in [-0.39, 0.29) is 29.6 Å². The van der Waals surface area contributed by atoms with E-state index in [9.17, 15) is 13.2 Å². The maximum absolute atomic E-state index is 12.9. The molecule has 0 aliphatic rings. The van der Waals surface area contributed by atoms with Crippen molar-refractivity contribution < 1.29 is 22.7 Å². The van der Waals surface area contributed by atoms with Gasteiger partial charge in [-0.1, -0.05) is 44.2 Å². The second-order valence-electron chi connectivity index (χ2n) is 7.08. The van der Waals surface area contributed by atoms with Crippen LogP contribution in [0.4, 0.5) is 5.69 Å². The van der Waals surface area contributed by atoms with Crippen molar-refractivity contribution in [2.24, 2.45) is 5.92 Å². The number of rotatable bonds is 9. The zero-order valence-corrected chi connectivity index (χ0v) is 18.2. The highest BCUT2D eigenvalue weighted by molar-refractivity contribution is 7.92. The molecule has 0 aliphatic carbocycles. The Kier molecular flexibility index (Phi) is 7.50. The average Bonchev–Trinajstić information content (AvgIpc) is 2.69. The number of hydrogen-bond donors (Lipinski definition) is 1. The molecular weight excluding hydrogens is 392 g/mol. The molecule has 7 nitrogen and oxygen atoms in total. The number of carbonyl (C=O) groups is 1. The Bertz CT molecular complexity index is 943. The second kappa shape index (κ2) is 9.65. The molecule has 0 aromatic heterocycles. The van der Waals surface area contributed by atoms with Crippen LogP contribution < -0.4 is 19.1 Å². The van der Waals surface area contributed by atoms with E-state index in [0.717, 1.165) is 11.8 Å². The molecule has 2 rings (SSSR count). The zero-order valence-electron chi connectivity index (χ0n) is 17.4. The molecule has 0 heterocycles. The molecule has 1 amide bonds. The summed E-state index contributed by atoms with van der Waals surface area (Å²) in [4.78, 5) is 12.9. The molecule has 29 heavy (non-hydrogen) atoms. The van der Waals surface area contributed by atoms with Crippen LogP contribution in [0.3, 0.4) is 0 Å². The van der Waals surface area contributed by atoms with Crippen LogP contribution in [0.25, 0.3) is 0 Å². The Morgan fingerprint density at radius 2 is 1.66 bits per heavy atom. The largest absolute Gasteiger partial charge is 0.493 e. The SMILES string of the molecule is COc1cc(C(=O)NCC(C)C)c(N(Cc2ccccc2)S(C)(=O)=O)cc1OC. The number of nitrogens with zero attached hydrogens (tertiary/aromatic N) is 1. The fraction of sp³-hybridized carbons (Fsp3) is 0.381. The predicted octanol–water partition coefficient (Wildman–Crippen LogP) is 3.06. The molecular formula is C21H28N2O5S. The van der Waals surface area contributed by atoms with Gasteiger partial charge in [-0.05, 0) is 17.5 Å². The smallest absolute Gasteiger partial charge is 0.253 e. The molecule has 0 fully saturated rings. The Morgan fingerprint density at radius 3 is 2.17 bits per heavy atom. The molecule has 0 saturated heterocycles. The van der Waals surface area contributed by atoms with E-state index in [1.165, 1.54) is 30.7 Å². The van der Waals surface area contributed by atoms with Gasteiger partial charge in [0.05, 0.1) is 38.3 Å². The molecule has 0 radical (unpaired) electrons. The van der Waals surface area contributed by atoms with Crippen LogP contribution in [0.1, 0.15) is 29.8 Å². The summed E-state index contributed by atoms with van der Waals surface area (Å²) < 4.78 is 37.2. The van der Waals surface area contributed by atoms with Gasteiger partial charge in [0.25, 0.3) is 5.91 Å². The predicted molar refractivity (Wildman–Crippen MR) is 114 cm³/mol. The van der Waals surface area contributed by atoms with Crippen molar-refractivity contribution in [3.63, 3.8) is 0 Å². The number of ether oxygens (including phenoxy) is 2. The fourth-order valence-corrected chi connectivity index (χ4v) is 3.67. The third-order valence-corrected chi connectivity index (χ3v) is 5.38. The van der Waals surface area contributed by atoms with Gasteiger partial charge in [-0.25, -0.2) is 8.42 Å². The first kappa shape index (κ1) is 22.5. The topological polar surface area (TPSA) is 84.9 Å². The lowest BCUT2D eigenvalue weighted by molar-refractivity contribution is 0.0949. The van der Waals surface area contributed by atoms with Crippen molar-refractivity contribution in [2.45, 2.75) is 20.4 Å². The van der Waals surface area contributed by atoms with E-state index in [2.05, 4.69) is 5.32 Å². The van der Waals surface area contributed by atoms with Crippen LogP contribution in [-0.4, -0.2) is 41.3 Å². The number of sulfonamides is 1. The minimum Gasteiger partial charge on any atom is -0.493 e. The van der Waals surface area contributed by atoms with Gasteiger partial charge in [0.1, 0.15) is 0 Å². The van der Waals surface area contributed by atoms with Crippen LogP contribution in [-0.2, 0) is 16.6 Å². The first-order valence-electron chi connectivity index (χ1n) is 9.23. The van der Waals surface area contributed by atoms with E-state index in [1.54, 1.807) is 0 Å². The van der Waals surface area contributed by atoms with Crippen molar-refractivity contribution in [3.8, 4) is 11.5 Å². The van der Waals surface area contributed by atoms with E-state index in [4.69, 9.17) is 9.47 Å². The Labute approximate surface area is 172 Å². The number of benzene rings is 2. The average molecular weight is 421 g/mol. The molecule has 0 atom stereocenters. The van der Waals surface area contributed by atoms with Crippen molar-refractivity contribution >= 4 is 21.6 Å². The van der Waals surface area contributed by atoms with Crippen molar-refractivity contribution in [1.82, 2.24) is 5.32 Å². The Hall–Kier alpha value is -2.74. The van der Waals surface area contributed by atoms with Gasteiger partial charge in [0.2, 0.25) is 10.0 Å². The summed E-state index contributed by atoms with van der Waals surface area (Å²) >= 11 is 0. The Morgan fingerprint density at radius 1 is 1.07 bits per heavy atom. The van der Waals surface area contributed by atoms with Gasteiger partial charge in [-0.2, -0.15) is 0 Å². The lowest BCUT2D eigenvalue weighted by Gasteiger charge is -2.26. The first-order chi connectivity index (χ1) is 13.7. The van der Waals surface area contributed by atoms with E-state index >= 15 is 0 Å². The quantitative estimate of drug-likeness (QED) is 0.674. The fourth-order valence-electron chi connectivity index (χ4n) is 2.78. The molecule has 0 saturated carbocycles. The number of carbonyl (C=O) groups excluding carboxylic acids is 1. The molecule has 0 aliphatic heterocycles. The van der Waals surface area contributed by atoms with Gasteiger partial charge in [-0.15, -0.1) is 0 Å². The molecule has 1 N–H and O–H groups in total. The van der Waals surface area contributed by atoms with E-state index in [1.807, 2.05) is 44.2 Å². The van der Waals surface area contributed by atoms with Gasteiger partial charge >= 0.3 is 0 Å². The lowest BCUT2D eigenvalue weighted by atomic mass is 10.1. The maximum Gasteiger partial charge on any atom is 0.253 e. The van der Waals surface area contributed by atoms with Crippen LogP contribution in [0.15, 0.2) is 42.5 Å². The summed E-state index contributed by atoms with van der Waals surface area (Å²) in [6, 6.07) is 12.2. The van der Waals surface area contributed by atoms with Crippen molar-refractivity contribution in [2.75, 3.05) is 31.3 Å². The van der Waals surface area contributed by atoms with E-state index in [0.29, 0.717) is 18.0 Å². The van der Waals surface area contributed by atoms with Gasteiger partial charge < -0.3 is 14.8 Å². The minimum atomic E-state index is -3.69. The zero-order chi connectivity index (χ0) is 21.6. The molecule has 0 bridgehead atoms. The molecule has 8 heteroatoms. The van der Waals surface area contributed by atoms with E-state index < -0.39 is 10.0 Å². The van der Waals surface area contributed by atoms with Crippen LogP contribution in [0.2, 0.25) is 0 Å². The molecule has 0 spiro atoms. The Balaban J connectivity index is 2.62. The molecule has 2 aromatic carbocycles.